The minimum atomic E-state index is -1.07. The molecule has 0 saturated heterocycles. The summed E-state index contributed by atoms with van der Waals surface area (Å²) in [6, 6.07) is 78.2. The summed E-state index contributed by atoms with van der Waals surface area (Å²) in [5.41, 5.74) is 21.2. The highest BCUT2D eigenvalue weighted by molar-refractivity contribution is 6.27. The van der Waals surface area contributed by atoms with E-state index in [9.17, 15) is 0 Å². The Balaban J connectivity index is 1.11. The summed E-state index contributed by atoms with van der Waals surface area (Å²) in [5, 5.41) is 4.10. The minimum absolute atomic E-state index is 0.0619. The van der Waals surface area contributed by atoms with Crippen molar-refractivity contribution >= 4 is 95.2 Å². The van der Waals surface area contributed by atoms with Crippen molar-refractivity contribution in [1.29, 1.82) is 0 Å². The van der Waals surface area contributed by atoms with Crippen LogP contribution in [0.1, 0.15) is 128 Å². The van der Waals surface area contributed by atoms with Gasteiger partial charge < -0.3 is 23.4 Å². The monoisotopic (exact) mass is 1160 g/mol. The molecular formula is C82H72N4O3. The average Bonchev–Trinajstić information content (AvgIpc) is 1.53. The maximum absolute atomic E-state index is 7.53. The summed E-state index contributed by atoms with van der Waals surface area (Å²) in [5.74, 6) is 2.37. The average molecular weight is 1160 g/mol. The van der Waals surface area contributed by atoms with Gasteiger partial charge >= 0.3 is 0 Å². The van der Waals surface area contributed by atoms with Gasteiger partial charge in [0.15, 0.2) is 22.7 Å². The number of aromatic nitrogens is 1. The Hall–Kier alpha value is -9.85. The van der Waals surface area contributed by atoms with E-state index in [1.165, 1.54) is 22.3 Å². The van der Waals surface area contributed by atoms with Gasteiger partial charge in [0, 0.05) is 56.1 Å². The fourth-order valence-corrected chi connectivity index (χ4v) is 14.6. The maximum Gasteiger partial charge on any atom is 0.160 e. The van der Waals surface area contributed by atoms with Crippen LogP contribution >= 0.6 is 0 Å². The molecule has 0 unspecified atom stereocenters. The maximum atomic E-state index is 7.53. The van der Waals surface area contributed by atoms with Crippen LogP contribution in [0, 0.1) is 0 Å². The molecule has 0 bridgehead atoms. The second-order valence-corrected chi connectivity index (χ2v) is 28.8. The van der Waals surface area contributed by atoms with Gasteiger partial charge in [-0.15, -0.1) is 0 Å². The molecule has 0 atom stereocenters. The SMILES string of the molecule is CC(C)(C)c1ccc(N(c2ccc(C(C)(C)C)cc2)c2cc3c(c4c2oc2ccccc24)-c2c(cc(N(c4ccc(C(C)(C)C)cc4)c4ccc(C(C)(C)C)cc4)c4oc5ccccc5c24)C32c3cccnc3N3c4ccccc4Oc4cccc2c43)cc1. The van der Waals surface area contributed by atoms with Gasteiger partial charge in [0.1, 0.15) is 17.0 Å². The molecule has 0 fully saturated rings. The van der Waals surface area contributed by atoms with Crippen molar-refractivity contribution in [3.05, 3.63) is 263 Å². The van der Waals surface area contributed by atoms with E-state index in [0.717, 1.165) is 140 Å². The molecule has 3 aromatic heterocycles. The number of hydrogen-bond acceptors (Lipinski definition) is 7. The van der Waals surface area contributed by atoms with Crippen molar-refractivity contribution in [1.82, 2.24) is 4.98 Å². The van der Waals surface area contributed by atoms with Crippen molar-refractivity contribution in [3.8, 4) is 22.6 Å². The molecule has 13 aromatic rings. The highest BCUT2D eigenvalue weighted by Crippen LogP contribution is 2.70. The number of furan rings is 2. The lowest BCUT2D eigenvalue weighted by molar-refractivity contribution is 0.473. The molecule has 0 saturated carbocycles. The van der Waals surface area contributed by atoms with Gasteiger partial charge in [-0.25, -0.2) is 4.98 Å². The van der Waals surface area contributed by atoms with Crippen molar-refractivity contribution in [3.63, 3.8) is 0 Å². The van der Waals surface area contributed by atoms with E-state index in [4.69, 9.17) is 18.6 Å². The molecule has 0 amide bonds. The first-order valence-corrected chi connectivity index (χ1v) is 31.3. The Morgan fingerprint density at radius 2 is 0.775 bits per heavy atom. The van der Waals surface area contributed by atoms with E-state index in [1.807, 2.05) is 12.3 Å². The molecule has 1 aliphatic carbocycles. The van der Waals surface area contributed by atoms with Crippen molar-refractivity contribution in [2.45, 2.75) is 110 Å². The number of anilines is 9. The lowest BCUT2D eigenvalue weighted by atomic mass is 9.64. The summed E-state index contributed by atoms with van der Waals surface area (Å²) < 4.78 is 22.2. The van der Waals surface area contributed by atoms with Crippen LogP contribution in [0.5, 0.6) is 11.5 Å². The molecule has 7 nitrogen and oxygen atoms in total. The van der Waals surface area contributed by atoms with Gasteiger partial charge in [0.2, 0.25) is 0 Å². The molecule has 5 heterocycles. The molecule has 89 heavy (non-hydrogen) atoms. The topological polar surface area (TPSA) is 58.1 Å². The minimum Gasteiger partial charge on any atom is -0.454 e. The highest BCUT2D eigenvalue weighted by Gasteiger charge is 2.56. The molecule has 7 heteroatoms. The molecule has 2 aliphatic heterocycles. The predicted molar refractivity (Wildman–Crippen MR) is 369 cm³/mol. The molecule has 0 radical (unpaired) electrons. The molecule has 1 spiro atoms. The second kappa shape index (κ2) is 19.1. The van der Waals surface area contributed by atoms with Gasteiger partial charge in [-0.05, 0) is 169 Å². The quantitative estimate of drug-likeness (QED) is 0.164. The zero-order valence-electron chi connectivity index (χ0n) is 52.8. The van der Waals surface area contributed by atoms with Crippen LogP contribution in [-0.4, -0.2) is 4.98 Å². The van der Waals surface area contributed by atoms with Crippen LogP contribution in [0.15, 0.2) is 227 Å². The first-order chi connectivity index (χ1) is 42.7. The van der Waals surface area contributed by atoms with E-state index in [2.05, 4.69) is 304 Å². The van der Waals surface area contributed by atoms with E-state index in [1.54, 1.807) is 0 Å². The zero-order chi connectivity index (χ0) is 61.3. The van der Waals surface area contributed by atoms with Crippen LogP contribution in [0.3, 0.4) is 0 Å². The second-order valence-electron chi connectivity index (χ2n) is 28.8. The lowest BCUT2D eigenvalue weighted by Gasteiger charge is -2.46. The predicted octanol–water partition coefficient (Wildman–Crippen LogP) is 23.3. The summed E-state index contributed by atoms with van der Waals surface area (Å²) >= 11 is 0. The standard InChI is InChI=1S/C82H72N4O3/c1-78(2,3)49-30-38-53(39-31-49)84(54-40-32-50(33-41-54)79(4,5)6)64-47-61-72(70-57-21-13-16-26-66(57)88-75(64)70)73-62(82(61)59-23-19-29-69-74(59)86(77-60(82)24-20-46-83-77)63-25-15-18-28-68(63)87-69)48-65(76-71(73)58-22-14-17-27-67(58)89-76)85(55-42-34-51(35-43-55)80(7,8)9)56-44-36-52(37-45-56)81(10,11)12/h13-48H,1-12H3. The number of nitrogens with zero attached hydrogens (tertiary/aromatic N) is 4. The zero-order valence-corrected chi connectivity index (χ0v) is 52.8. The van der Waals surface area contributed by atoms with Crippen molar-refractivity contribution in [2.75, 3.05) is 14.7 Å². The third-order valence-electron chi connectivity index (χ3n) is 19.1. The van der Waals surface area contributed by atoms with Gasteiger partial charge in [-0.1, -0.05) is 198 Å². The van der Waals surface area contributed by atoms with Gasteiger partial charge in [0.25, 0.3) is 0 Å². The number of hydrogen-bond donors (Lipinski definition) is 0. The van der Waals surface area contributed by atoms with E-state index in [0.29, 0.717) is 0 Å². The number of rotatable bonds is 6. The number of ether oxygens (including phenoxy) is 1. The normalized spacial score (nSPS) is 14.0. The molecule has 10 aromatic carbocycles. The molecule has 438 valence electrons. The van der Waals surface area contributed by atoms with E-state index in [-0.39, 0.29) is 21.7 Å². The van der Waals surface area contributed by atoms with E-state index < -0.39 is 5.41 Å². The van der Waals surface area contributed by atoms with Crippen molar-refractivity contribution < 1.29 is 13.6 Å². The highest BCUT2D eigenvalue weighted by atomic mass is 16.5. The first kappa shape index (κ1) is 54.5. The summed E-state index contributed by atoms with van der Waals surface area (Å²) in [6.45, 7) is 27.3. The number of pyridine rings is 1. The number of benzene rings is 10. The lowest BCUT2D eigenvalue weighted by Crippen LogP contribution is -2.38. The van der Waals surface area contributed by atoms with Crippen LogP contribution in [0.4, 0.5) is 51.3 Å². The summed E-state index contributed by atoms with van der Waals surface area (Å²) in [6.07, 6.45) is 1.94. The van der Waals surface area contributed by atoms with Crippen LogP contribution in [-0.2, 0) is 27.1 Å². The fourth-order valence-electron chi connectivity index (χ4n) is 14.6. The first-order valence-electron chi connectivity index (χ1n) is 31.3. The van der Waals surface area contributed by atoms with Gasteiger partial charge in [-0.3, -0.25) is 4.90 Å². The summed E-state index contributed by atoms with van der Waals surface area (Å²) in [7, 11) is 0. The summed E-state index contributed by atoms with van der Waals surface area (Å²) in [4.78, 5) is 12.7. The Bertz CT molecular complexity index is 4660. The van der Waals surface area contributed by atoms with Gasteiger partial charge in [-0.2, -0.15) is 0 Å². The largest absolute Gasteiger partial charge is 0.454 e. The van der Waals surface area contributed by atoms with E-state index >= 15 is 0 Å². The van der Waals surface area contributed by atoms with Crippen molar-refractivity contribution in [2.24, 2.45) is 0 Å². The Kier molecular flexibility index (Phi) is 11.7. The smallest absolute Gasteiger partial charge is 0.160 e. The molecule has 3 aliphatic rings. The molecular weight excluding hydrogens is 1090 g/mol. The molecule has 0 N–H and O–H groups in total. The third-order valence-corrected chi connectivity index (χ3v) is 19.1. The van der Waals surface area contributed by atoms with Gasteiger partial charge in [0.05, 0.1) is 28.2 Å². The number of fused-ring (bicyclic) bond motifs is 19. The Morgan fingerprint density at radius 1 is 0.382 bits per heavy atom. The fraction of sp³-hybridized carbons (Fsp3) is 0.207. The van der Waals surface area contributed by atoms with Crippen LogP contribution < -0.4 is 19.4 Å². The Morgan fingerprint density at radius 3 is 1.21 bits per heavy atom. The van der Waals surface area contributed by atoms with Crippen LogP contribution in [0.25, 0.3) is 55.0 Å². The molecule has 16 rings (SSSR count). The number of para-hydroxylation sites is 5. The third kappa shape index (κ3) is 8.13. The van der Waals surface area contributed by atoms with Crippen LogP contribution in [0.2, 0.25) is 0 Å². The Labute approximate surface area is 521 Å².